The summed E-state index contributed by atoms with van der Waals surface area (Å²) < 4.78 is 11.1. The Hall–Kier alpha value is -3.08. The zero-order chi connectivity index (χ0) is 16.5. The number of rotatable bonds is 2. The van der Waals surface area contributed by atoms with Gasteiger partial charge in [0.25, 0.3) is 5.91 Å². The second kappa shape index (κ2) is 5.85. The molecule has 0 bridgehead atoms. The van der Waals surface area contributed by atoms with E-state index in [2.05, 4.69) is 10.3 Å². The van der Waals surface area contributed by atoms with Gasteiger partial charge in [0.1, 0.15) is 24.7 Å². The Morgan fingerprint density at radius 2 is 1.79 bits per heavy atom. The molecule has 0 atom stereocenters. The van der Waals surface area contributed by atoms with Crippen LogP contribution in [0.3, 0.4) is 0 Å². The summed E-state index contributed by atoms with van der Waals surface area (Å²) in [5.41, 5.74) is 3.27. The Morgan fingerprint density at radius 3 is 2.58 bits per heavy atom. The summed E-state index contributed by atoms with van der Waals surface area (Å²) >= 11 is 0. The van der Waals surface area contributed by atoms with E-state index in [-0.39, 0.29) is 5.91 Å². The van der Waals surface area contributed by atoms with Gasteiger partial charge in [-0.25, -0.2) is 4.99 Å². The first kappa shape index (κ1) is 14.5. The van der Waals surface area contributed by atoms with Crippen LogP contribution in [0.4, 0.5) is 0 Å². The highest BCUT2D eigenvalue weighted by Gasteiger charge is 2.21. The fourth-order valence-electron chi connectivity index (χ4n) is 2.62. The quantitative estimate of drug-likeness (QED) is 0.866. The van der Waals surface area contributed by atoms with E-state index in [1.807, 2.05) is 49.4 Å². The van der Waals surface area contributed by atoms with E-state index in [9.17, 15) is 4.79 Å². The molecule has 0 aliphatic carbocycles. The molecule has 5 nitrogen and oxygen atoms in total. The summed E-state index contributed by atoms with van der Waals surface area (Å²) in [4.78, 5) is 16.6. The van der Waals surface area contributed by atoms with Crippen molar-refractivity contribution in [2.75, 3.05) is 13.2 Å². The van der Waals surface area contributed by atoms with Crippen LogP contribution in [-0.4, -0.2) is 25.0 Å². The SMILES string of the molecule is Cc1ccc(C2=N/C(=C/c3ccc4c(c3)OCCO4)C(=O)N2)cc1. The molecule has 0 fully saturated rings. The molecule has 0 radical (unpaired) electrons. The molecule has 120 valence electrons. The smallest absolute Gasteiger partial charge is 0.275 e. The molecule has 1 N–H and O–H groups in total. The van der Waals surface area contributed by atoms with Crippen molar-refractivity contribution in [1.29, 1.82) is 0 Å². The monoisotopic (exact) mass is 320 g/mol. The molecule has 0 saturated carbocycles. The van der Waals surface area contributed by atoms with Crippen LogP contribution in [0, 0.1) is 6.92 Å². The molecule has 1 amide bonds. The highest BCUT2D eigenvalue weighted by molar-refractivity contribution is 6.19. The topological polar surface area (TPSA) is 59.9 Å². The largest absolute Gasteiger partial charge is 0.486 e. The van der Waals surface area contributed by atoms with Crippen molar-refractivity contribution in [3.8, 4) is 11.5 Å². The Labute approximate surface area is 139 Å². The highest BCUT2D eigenvalue weighted by atomic mass is 16.6. The molecule has 2 aliphatic heterocycles. The number of nitrogens with one attached hydrogen (secondary N) is 1. The standard InChI is InChI=1S/C19H16N2O3/c1-12-2-5-14(6-3-12)18-20-15(19(22)21-18)10-13-4-7-16-17(11-13)24-9-8-23-16/h2-7,10-11H,8-9H2,1H3,(H,20,21,22)/b15-10+. The van der Waals surface area contributed by atoms with Crippen molar-refractivity contribution < 1.29 is 14.3 Å². The molecule has 24 heavy (non-hydrogen) atoms. The minimum Gasteiger partial charge on any atom is -0.486 e. The van der Waals surface area contributed by atoms with E-state index in [0.29, 0.717) is 30.5 Å². The van der Waals surface area contributed by atoms with Crippen LogP contribution in [0.1, 0.15) is 16.7 Å². The number of aliphatic imine (C=N–C) groups is 1. The lowest BCUT2D eigenvalue weighted by molar-refractivity contribution is -0.115. The number of aryl methyl sites for hydroxylation is 1. The molecule has 4 rings (SSSR count). The van der Waals surface area contributed by atoms with E-state index >= 15 is 0 Å². The third-order valence-corrected chi connectivity index (χ3v) is 3.89. The lowest BCUT2D eigenvalue weighted by atomic mass is 10.1. The molecule has 0 saturated heterocycles. The maximum absolute atomic E-state index is 12.2. The number of amides is 1. The average Bonchev–Trinajstić information content (AvgIpc) is 2.96. The number of nitrogens with zero attached hydrogens (tertiary/aromatic N) is 1. The van der Waals surface area contributed by atoms with Gasteiger partial charge in [-0.1, -0.05) is 35.9 Å². The molecule has 2 aliphatic rings. The van der Waals surface area contributed by atoms with E-state index in [4.69, 9.17) is 9.47 Å². The van der Waals surface area contributed by atoms with Gasteiger partial charge in [0, 0.05) is 5.56 Å². The van der Waals surface area contributed by atoms with Gasteiger partial charge in [-0.15, -0.1) is 0 Å². The fourth-order valence-corrected chi connectivity index (χ4v) is 2.62. The van der Waals surface area contributed by atoms with Gasteiger partial charge in [0.15, 0.2) is 11.5 Å². The zero-order valence-corrected chi connectivity index (χ0v) is 13.2. The molecule has 2 aromatic carbocycles. The number of benzene rings is 2. The average molecular weight is 320 g/mol. The molecular formula is C19H16N2O3. The molecule has 5 heteroatoms. The third-order valence-electron chi connectivity index (χ3n) is 3.89. The molecule has 2 heterocycles. The second-order valence-electron chi connectivity index (χ2n) is 5.71. The molecule has 0 unspecified atom stereocenters. The van der Waals surface area contributed by atoms with E-state index < -0.39 is 0 Å². The van der Waals surface area contributed by atoms with Crippen LogP contribution in [0.15, 0.2) is 53.2 Å². The van der Waals surface area contributed by atoms with E-state index in [1.165, 1.54) is 0 Å². The number of amidine groups is 1. The summed E-state index contributed by atoms with van der Waals surface area (Å²) in [5, 5.41) is 2.81. The summed E-state index contributed by atoms with van der Waals surface area (Å²) in [6.45, 7) is 3.11. The summed E-state index contributed by atoms with van der Waals surface area (Å²) in [7, 11) is 0. The van der Waals surface area contributed by atoms with Crippen molar-refractivity contribution in [2.45, 2.75) is 6.92 Å². The molecule has 2 aromatic rings. The van der Waals surface area contributed by atoms with Crippen molar-refractivity contribution >= 4 is 17.8 Å². The first-order valence-corrected chi connectivity index (χ1v) is 7.77. The number of carbonyl (C=O) groups excluding carboxylic acids is 1. The third kappa shape index (κ3) is 2.76. The maximum Gasteiger partial charge on any atom is 0.275 e. The molecule has 0 spiro atoms. The molecular weight excluding hydrogens is 304 g/mol. The maximum atomic E-state index is 12.2. The minimum atomic E-state index is -0.208. The lowest BCUT2D eigenvalue weighted by Gasteiger charge is -2.18. The zero-order valence-electron chi connectivity index (χ0n) is 13.2. The predicted molar refractivity (Wildman–Crippen MR) is 91.3 cm³/mol. The van der Waals surface area contributed by atoms with Crippen LogP contribution in [0.25, 0.3) is 6.08 Å². The Morgan fingerprint density at radius 1 is 1.04 bits per heavy atom. The van der Waals surface area contributed by atoms with Gasteiger partial charge in [0.05, 0.1) is 0 Å². The van der Waals surface area contributed by atoms with Crippen molar-refractivity contribution in [3.63, 3.8) is 0 Å². The van der Waals surface area contributed by atoms with Crippen LogP contribution in [0.2, 0.25) is 0 Å². The summed E-state index contributed by atoms with van der Waals surface area (Å²) in [6, 6.07) is 13.5. The summed E-state index contributed by atoms with van der Waals surface area (Å²) in [6.07, 6.45) is 1.74. The number of ether oxygens (including phenoxy) is 2. The van der Waals surface area contributed by atoms with Gasteiger partial charge in [-0.3, -0.25) is 4.79 Å². The normalized spacial score (nSPS) is 17.6. The van der Waals surface area contributed by atoms with Gasteiger partial charge in [0.2, 0.25) is 0 Å². The fraction of sp³-hybridized carbons (Fsp3) is 0.158. The van der Waals surface area contributed by atoms with E-state index in [1.54, 1.807) is 6.08 Å². The van der Waals surface area contributed by atoms with Crippen molar-refractivity contribution in [3.05, 3.63) is 64.9 Å². The second-order valence-corrected chi connectivity index (χ2v) is 5.71. The van der Waals surface area contributed by atoms with Crippen LogP contribution >= 0.6 is 0 Å². The number of carbonyl (C=O) groups is 1. The Bertz CT molecular complexity index is 867. The lowest BCUT2D eigenvalue weighted by Crippen LogP contribution is -2.24. The van der Waals surface area contributed by atoms with E-state index in [0.717, 1.165) is 22.4 Å². The Kier molecular flexibility index (Phi) is 3.54. The predicted octanol–water partition coefficient (Wildman–Crippen LogP) is 2.68. The van der Waals surface area contributed by atoms with Gasteiger partial charge < -0.3 is 14.8 Å². The minimum absolute atomic E-state index is 0.208. The number of hydrogen-bond acceptors (Lipinski definition) is 4. The van der Waals surface area contributed by atoms with Gasteiger partial charge in [-0.05, 0) is 30.7 Å². The first-order valence-electron chi connectivity index (χ1n) is 7.77. The number of fused-ring (bicyclic) bond motifs is 1. The van der Waals surface area contributed by atoms with Crippen molar-refractivity contribution in [1.82, 2.24) is 5.32 Å². The van der Waals surface area contributed by atoms with Crippen molar-refractivity contribution in [2.24, 2.45) is 4.99 Å². The highest BCUT2D eigenvalue weighted by Crippen LogP contribution is 2.31. The van der Waals surface area contributed by atoms with Gasteiger partial charge in [-0.2, -0.15) is 0 Å². The number of hydrogen-bond donors (Lipinski definition) is 1. The van der Waals surface area contributed by atoms with Crippen LogP contribution in [0.5, 0.6) is 11.5 Å². The van der Waals surface area contributed by atoms with Gasteiger partial charge >= 0.3 is 0 Å². The molecule has 0 aromatic heterocycles. The summed E-state index contributed by atoms with van der Waals surface area (Å²) in [5.74, 6) is 1.78. The Balaban J connectivity index is 1.64. The van der Waals surface area contributed by atoms with Crippen LogP contribution in [-0.2, 0) is 4.79 Å². The first-order chi connectivity index (χ1) is 11.7. The van der Waals surface area contributed by atoms with Crippen LogP contribution < -0.4 is 14.8 Å².